The second-order valence-corrected chi connectivity index (χ2v) is 7.63. The smallest absolute Gasteiger partial charge is 0.260 e. The molecule has 0 N–H and O–H groups in total. The number of nitrogens with zero attached hydrogens (tertiary/aromatic N) is 3. The van der Waals surface area contributed by atoms with E-state index >= 15 is 0 Å². The number of thiophene rings is 1. The third kappa shape index (κ3) is 3.72. The van der Waals surface area contributed by atoms with Crippen LogP contribution in [0.25, 0.3) is 0 Å². The van der Waals surface area contributed by atoms with Crippen LogP contribution in [0.3, 0.4) is 0 Å². The Hall–Kier alpha value is -2.41. The third-order valence-electron chi connectivity index (χ3n) is 4.96. The van der Waals surface area contributed by atoms with Crippen molar-refractivity contribution in [1.82, 2.24) is 14.8 Å². The fraction of sp³-hybridized carbons (Fsp3) is 0.421. The average molecular weight is 371 g/mol. The summed E-state index contributed by atoms with van der Waals surface area (Å²) < 4.78 is 5.47. The first kappa shape index (κ1) is 17.0. The summed E-state index contributed by atoms with van der Waals surface area (Å²) in [6.45, 7) is 2.34. The number of rotatable bonds is 5. The Morgan fingerprint density at radius 1 is 1.15 bits per heavy atom. The Bertz CT molecular complexity index is 758. The molecule has 3 heterocycles. The van der Waals surface area contributed by atoms with Crippen LogP contribution in [0.4, 0.5) is 0 Å². The maximum Gasteiger partial charge on any atom is 0.260 e. The number of piperazine rings is 1. The first-order chi connectivity index (χ1) is 12.7. The van der Waals surface area contributed by atoms with Crippen LogP contribution in [0.15, 0.2) is 42.0 Å². The van der Waals surface area contributed by atoms with Crippen LogP contribution in [-0.2, 0) is 9.59 Å². The van der Waals surface area contributed by atoms with Crippen molar-refractivity contribution >= 4 is 23.2 Å². The van der Waals surface area contributed by atoms with Crippen LogP contribution in [0.2, 0.25) is 0 Å². The minimum absolute atomic E-state index is 0.00270. The first-order valence-corrected chi connectivity index (χ1v) is 9.73. The van der Waals surface area contributed by atoms with Gasteiger partial charge in [0.15, 0.2) is 6.61 Å². The molecule has 2 atom stereocenters. The monoisotopic (exact) mass is 371 g/mol. The first-order valence-electron chi connectivity index (χ1n) is 8.85. The molecule has 1 aliphatic carbocycles. The summed E-state index contributed by atoms with van der Waals surface area (Å²) in [7, 11) is 0. The van der Waals surface area contributed by atoms with Crippen molar-refractivity contribution in [1.29, 1.82) is 0 Å². The summed E-state index contributed by atoms with van der Waals surface area (Å²) >= 11 is 1.73. The molecule has 2 aromatic rings. The molecule has 2 aliphatic rings. The minimum atomic E-state index is -0.0520. The summed E-state index contributed by atoms with van der Waals surface area (Å²) in [5.74, 6) is 1.30. The van der Waals surface area contributed by atoms with E-state index in [0.29, 0.717) is 37.8 Å². The molecule has 7 heteroatoms. The number of aromatic nitrogens is 1. The van der Waals surface area contributed by atoms with Crippen LogP contribution >= 0.6 is 11.3 Å². The molecule has 1 saturated heterocycles. The van der Waals surface area contributed by atoms with Crippen LogP contribution in [0.5, 0.6) is 5.75 Å². The van der Waals surface area contributed by atoms with Gasteiger partial charge in [-0.1, -0.05) is 6.07 Å². The van der Waals surface area contributed by atoms with Crippen LogP contribution in [0.1, 0.15) is 17.2 Å². The van der Waals surface area contributed by atoms with Crippen molar-refractivity contribution in [2.24, 2.45) is 5.92 Å². The topological polar surface area (TPSA) is 62.7 Å². The highest BCUT2D eigenvalue weighted by atomic mass is 32.1. The maximum absolute atomic E-state index is 12.6. The van der Waals surface area contributed by atoms with E-state index in [1.807, 2.05) is 11.0 Å². The summed E-state index contributed by atoms with van der Waals surface area (Å²) in [5, 5.41) is 2.06. The second-order valence-electron chi connectivity index (χ2n) is 6.65. The van der Waals surface area contributed by atoms with Gasteiger partial charge in [-0.05, 0) is 30.0 Å². The summed E-state index contributed by atoms with van der Waals surface area (Å²) in [6.07, 6.45) is 4.20. The van der Waals surface area contributed by atoms with E-state index in [4.69, 9.17) is 4.74 Å². The minimum Gasteiger partial charge on any atom is -0.482 e. The van der Waals surface area contributed by atoms with E-state index in [0.717, 1.165) is 6.42 Å². The Kier molecular flexibility index (Phi) is 4.88. The molecule has 0 bridgehead atoms. The number of pyridine rings is 1. The van der Waals surface area contributed by atoms with Crippen molar-refractivity contribution in [2.45, 2.75) is 12.3 Å². The molecule has 0 spiro atoms. The molecule has 0 radical (unpaired) electrons. The number of amides is 2. The lowest BCUT2D eigenvalue weighted by Crippen LogP contribution is -2.52. The fourth-order valence-electron chi connectivity index (χ4n) is 3.36. The van der Waals surface area contributed by atoms with Crippen molar-refractivity contribution in [3.8, 4) is 5.75 Å². The predicted molar refractivity (Wildman–Crippen MR) is 98.1 cm³/mol. The zero-order valence-electron chi connectivity index (χ0n) is 14.4. The molecule has 26 heavy (non-hydrogen) atoms. The predicted octanol–water partition coefficient (Wildman–Crippen LogP) is 2.00. The summed E-state index contributed by atoms with van der Waals surface area (Å²) in [4.78, 5) is 33.9. The molecule has 2 amide bonds. The molecule has 4 rings (SSSR count). The Morgan fingerprint density at radius 2 is 1.96 bits per heavy atom. The molecule has 1 saturated carbocycles. The Labute approximate surface area is 156 Å². The molecule has 6 nitrogen and oxygen atoms in total. The SMILES string of the molecule is O=C(COc1cccnc1)N1CCN(C(=O)C2CC2c2cccs2)CC1. The van der Waals surface area contributed by atoms with Crippen molar-refractivity contribution < 1.29 is 14.3 Å². The van der Waals surface area contributed by atoms with Crippen molar-refractivity contribution in [2.75, 3.05) is 32.8 Å². The van der Waals surface area contributed by atoms with Crippen LogP contribution < -0.4 is 4.74 Å². The Morgan fingerprint density at radius 3 is 2.65 bits per heavy atom. The number of hydrogen-bond acceptors (Lipinski definition) is 5. The molecule has 2 fully saturated rings. The van der Waals surface area contributed by atoms with Gasteiger partial charge in [0.2, 0.25) is 5.91 Å². The van der Waals surface area contributed by atoms with E-state index in [9.17, 15) is 9.59 Å². The van der Waals surface area contributed by atoms with E-state index in [1.165, 1.54) is 4.88 Å². The van der Waals surface area contributed by atoms with Gasteiger partial charge >= 0.3 is 0 Å². The van der Waals surface area contributed by atoms with Gasteiger partial charge < -0.3 is 14.5 Å². The van der Waals surface area contributed by atoms with Crippen molar-refractivity contribution in [3.63, 3.8) is 0 Å². The quantitative estimate of drug-likeness (QED) is 0.806. The highest BCUT2D eigenvalue weighted by molar-refractivity contribution is 7.10. The number of hydrogen-bond donors (Lipinski definition) is 0. The zero-order chi connectivity index (χ0) is 17.9. The largest absolute Gasteiger partial charge is 0.482 e. The highest BCUT2D eigenvalue weighted by Gasteiger charge is 2.46. The van der Waals surface area contributed by atoms with Gasteiger partial charge in [-0.25, -0.2) is 0 Å². The fourth-order valence-corrected chi connectivity index (χ4v) is 4.27. The lowest BCUT2D eigenvalue weighted by atomic mass is 10.2. The van der Waals surface area contributed by atoms with Gasteiger partial charge in [-0.2, -0.15) is 0 Å². The van der Waals surface area contributed by atoms with E-state index in [1.54, 1.807) is 40.8 Å². The Balaban J connectivity index is 1.22. The summed E-state index contributed by atoms with van der Waals surface area (Å²) in [5.41, 5.74) is 0. The van der Waals surface area contributed by atoms with E-state index in [2.05, 4.69) is 16.4 Å². The molecular weight excluding hydrogens is 350 g/mol. The summed E-state index contributed by atoms with van der Waals surface area (Å²) in [6, 6.07) is 7.70. The van der Waals surface area contributed by atoms with Gasteiger partial charge in [0.05, 0.1) is 6.20 Å². The van der Waals surface area contributed by atoms with Gasteiger partial charge in [0, 0.05) is 49.1 Å². The molecular formula is C19H21N3O3S. The van der Waals surface area contributed by atoms with Gasteiger partial charge in [0.1, 0.15) is 5.75 Å². The molecule has 0 aromatic carbocycles. The number of carbonyl (C=O) groups is 2. The average Bonchev–Trinajstić information content (AvgIpc) is 3.31. The number of ether oxygens (including phenoxy) is 1. The molecule has 136 valence electrons. The second kappa shape index (κ2) is 7.45. The molecule has 1 aliphatic heterocycles. The maximum atomic E-state index is 12.6. The lowest BCUT2D eigenvalue weighted by molar-refractivity contribution is -0.141. The van der Waals surface area contributed by atoms with Crippen LogP contribution in [-0.4, -0.2) is 59.4 Å². The van der Waals surface area contributed by atoms with Gasteiger partial charge in [-0.15, -0.1) is 11.3 Å². The zero-order valence-corrected chi connectivity index (χ0v) is 15.2. The van der Waals surface area contributed by atoms with E-state index in [-0.39, 0.29) is 24.3 Å². The van der Waals surface area contributed by atoms with Gasteiger partial charge in [-0.3, -0.25) is 14.6 Å². The third-order valence-corrected chi connectivity index (χ3v) is 5.96. The van der Waals surface area contributed by atoms with Crippen LogP contribution in [0, 0.1) is 5.92 Å². The van der Waals surface area contributed by atoms with E-state index < -0.39 is 0 Å². The molecule has 2 unspecified atom stereocenters. The lowest BCUT2D eigenvalue weighted by Gasteiger charge is -2.35. The standard InChI is InChI=1S/C19H21N3O3S/c23-18(13-25-14-3-1-5-20-12-14)21-6-8-22(9-7-21)19(24)16-11-15(16)17-4-2-10-26-17/h1-5,10,12,15-16H,6-9,11,13H2. The molecule has 2 aromatic heterocycles. The van der Waals surface area contributed by atoms with Gasteiger partial charge in [0.25, 0.3) is 5.91 Å². The highest BCUT2D eigenvalue weighted by Crippen LogP contribution is 2.50. The number of carbonyl (C=O) groups excluding carboxylic acids is 2. The normalized spacial score (nSPS) is 22.2. The van der Waals surface area contributed by atoms with Crippen molar-refractivity contribution in [3.05, 3.63) is 46.9 Å².